The molecular weight excluding hydrogens is 128 g/mol. The van der Waals surface area contributed by atoms with Gasteiger partial charge in [0.15, 0.2) is 0 Å². The molecular formula is C7H12N2O. The van der Waals surface area contributed by atoms with Crippen LogP contribution in [0.5, 0.6) is 0 Å². The van der Waals surface area contributed by atoms with Crippen molar-refractivity contribution in [3.05, 3.63) is 0 Å². The molecule has 0 aliphatic rings. The SMILES string of the molecule is CCC(C#N)C(C)=NOC. The minimum atomic E-state index is -0.0973. The van der Waals surface area contributed by atoms with Crippen LogP contribution >= 0.6 is 0 Å². The molecule has 0 aromatic rings. The Bertz CT molecular complexity index is 157. The van der Waals surface area contributed by atoms with Crippen LogP contribution in [-0.2, 0) is 4.84 Å². The van der Waals surface area contributed by atoms with Gasteiger partial charge in [-0.2, -0.15) is 5.26 Å². The lowest BCUT2D eigenvalue weighted by Gasteiger charge is -2.02. The van der Waals surface area contributed by atoms with Crippen LogP contribution in [0.1, 0.15) is 20.3 Å². The normalized spacial score (nSPS) is 14.0. The third-order valence-electron chi connectivity index (χ3n) is 1.30. The molecule has 10 heavy (non-hydrogen) atoms. The largest absolute Gasteiger partial charge is 0.399 e. The van der Waals surface area contributed by atoms with Gasteiger partial charge in [0.1, 0.15) is 7.11 Å². The van der Waals surface area contributed by atoms with Gasteiger partial charge in [-0.25, -0.2) is 0 Å². The molecule has 0 bridgehead atoms. The standard InChI is InChI=1S/C7H12N2O/c1-4-7(5-8)6(2)9-10-3/h7H,4H2,1-3H3. The molecule has 0 N–H and O–H groups in total. The van der Waals surface area contributed by atoms with E-state index in [-0.39, 0.29) is 5.92 Å². The highest BCUT2D eigenvalue weighted by molar-refractivity contribution is 5.85. The number of rotatable bonds is 3. The maximum atomic E-state index is 8.54. The highest BCUT2D eigenvalue weighted by Gasteiger charge is 2.07. The van der Waals surface area contributed by atoms with Crippen molar-refractivity contribution in [1.82, 2.24) is 0 Å². The summed E-state index contributed by atoms with van der Waals surface area (Å²) in [6, 6.07) is 2.13. The number of nitrogens with zero attached hydrogens (tertiary/aromatic N) is 2. The summed E-state index contributed by atoms with van der Waals surface area (Å²) in [4.78, 5) is 4.53. The maximum absolute atomic E-state index is 8.54. The Hall–Kier alpha value is -1.04. The second kappa shape index (κ2) is 4.80. The summed E-state index contributed by atoms with van der Waals surface area (Å²) in [5, 5.41) is 12.2. The summed E-state index contributed by atoms with van der Waals surface area (Å²) >= 11 is 0. The van der Waals surface area contributed by atoms with E-state index in [1.165, 1.54) is 7.11 Å². The molecule has 3 nitrogen and oxygen atoms in total. The molecule has 0 saturated heterocycles. The predicted octanol–water partition coefficient (Wildman–Crippen LogP) is 1.56. The molecule has 0 radical (unpaired) electrons. The lowest BCUT2D eigenvalue weighted by Crippen LogP contribution is -2.07. The van der Waals surface area contributed by atoms with Gasteiger partial charge in [-0.15, -0.1) is 0 Å². The van der Waals surface area contributed by atoms with E-state index in [0.29, 0.717) is 0 Å². The molecule has 0 rings (SSSR count). The average Bonchev–Trinajstić information content (AvgIpc) is 1.91. The van der Waals surface area contributed by atoms with E-state index in [2.05, 4.69) is 16.1 Å². The van der Waals surface area contributed by atoms with E-state index in [9.17, 15) is 0 Å². The molecule has 56 valence electrons. The van der Waals surface area contributed by atoms with Crippen molar-refractivity contribution in [3.63, 3.8) is 0 Å². The zero-order valence-electron chi connectivity index (χ0n) is 6.59. The Balaban J connectivity index is 4.04. The number of hydrogen-bond donors (Lipinski definition) is 0. The van der Waals surface area contributed by atoms with Gasteiger partial charge in [-0.3, -0.25) is 0 Å². The fourth-order valence-electron chi connectivity index (χ4n) is 0.688. The van der Waals surface area contributed by atoms with Crippen LogP contribution in [0.3, 0.4) is 0 Å². The van der Waals surface area contributed by atoms with Gasteiger partial charge in [-0.05, 0) is 13.3 Å². The van der Waals surface area contributed by atoms with Crippen LogP contribution in [0.2, 0.25) is 0 Å². The van der Waals surface area contributed by atoms with Crippen LogP contribution < -0.4 is 0 Å². The van der Waals surface area contributed by atoms with E-state index in [1.807, 2.05) is 6.92 Å². The van der Waals surface area contributed by atoms with Gasteiger partial charge >= 0.3 is 0 Å². The first-order valence-electron chi connectivity index (χ1n) is 3.23. The van der Waals surface area contributed by atoms with Gasteiger partial charge in [0.25, 0.3) is 0 Å². The van der Waals surface area contributed by atoms with Crippen LogP contribution in [0.25, 0.3) is 0 Å². The molecule has 0 aliphatic carbocycles. The van der Waals surface area contributed by atoms with Crippen molar-refractivity contribution >= 4 is 5.71 Å². The smallest absolute Gasteiger partial charge is 0.106 e. The summed E-state index contributed by atoms with van der Waals surface area (Å²) in [5.41, 5.74) is 0.743. The van der Waals surface area contributed by atoms with Crippen molar-refractivity contribution in [1.29, 1.82) is 5.26 Å². The van der Waals surface area contributed by atoms with E-state index >= 15 is 0 Å². The van der Waals surface area contributed by atoms with Crippen LogP contribution in [0.4, 0.5) is 0 Å². The molecule has 0 aliphatic heterocycles. The first kappa shape index (κ1) is 8.96. The van der Waals surface area contributed by atoms with Gasteiger partial charge in [0.05, 0.1) is 17.7 Å². The monoisotopic (exact) mass is 140 g/mol. The van der Waals surface area contributed by atoms with Crippen LogP contribution in [-0.4, -0.2) is 12.8 Å². The van der Waals surface area contributed by atoms with E-state index in [4.69, 9.17) is 5.26 Å². The second-order valence-corrected chi connectivity index (χ2v) is 2.01. The highest BCUT2D eigenvalue weighted by atomic mass is 16.6. The van der Waals surface area contributed by atoms with Gasteiger partial charge in [-0.1, -0.05) is 12.1 Å². The minimum Gasteiger partial charge on any atom is -0.399 e. The van der Waals surface area contributed by atoms with Gasteiger partial charge in [0.2, 0.25) is 0 Å². The molecule has 0 spiro atoms. The fraction of sp³-hybridized carbons (Fsp3) is 0.714. The molecule has 0 heterocycles. The van der Waals surface area contributed by atoms with Gasteiger partial charge in [0, 0.05) is 0 Å². The second-order valence-electron chi connectivity index (χ2n) is 2.01. The fourth-order valence-corrected chi connectivity index (χ4v) is 0.688. The van der Waals surface area contributed by atoms with Crippen molar-refractivity contribution in [3.8, 4) is 6.07 Å². The third kappa shape index (κ3) is 2.49. The topological polar surface area (TPSA) is 45.4 Å². The Morgan fingerprint density at radius 2 is 2.40 bits per heavy atom. The molecule has 0 saturated carbocycles. The first-order chi connectivity index (χ1) is 4.76. The lowest BCUT2D eigenvalue weighted by atomic mass is 10.0. The summed E-state index contributed by atoms with van der Waals surface area (Å²) in [7, 11) is 1.48. The quantitative estimate of drug-likeness (QED) is 0.441. The molecule has 0 fully saturated rings. The zero-order chi connectivity index (χ0) is 7.98. The third-order valence-corrected chi connectivity index (χ3v) is 1.30. The van der Waals surface area contributed by atoms with E-state index in [1.54, 1.807) is 6.92 Å². The van der Waals surface area contributed by atoms with Crippen LogP contribution in [0, 0.1) is 17.2 Å². The Labute approximate surface area is 61.3 Å². The first-order valence-corrected chi connectivity index (χ1v) is 3.23. The Kier molecular flexibility index (Phi) is 4.30. The molecule has 0 aromatic heterocycles. The van der Waals surface area contributed by atoms with Crippen LogP contribution in [0.15, 0.2) is 5.16 Å². The summed E-state index contributed by atoms with van der Waals surface area (Å²) < 4.78 is 0. The minimum absolute atomic E-state index is 0.0973. The van der Waals surface area contributed by atoms with Crippen molar-refractivity contribution < 1.29 is 4.84 Å². The maximum Gasteiger partial charge on any atom is 0.106 e. The van der Waals surface area contributed by atoms with E-state index in [0.717, 1.165) is 12.1 Å². The average molecular weight is 140 g/mol. The van der Waals surface area contributed by atoms with Crippen molar-refractivity contribution in [2.24, 2.45) is 11.1 Å². The number of hydrogen-bond acceptors (Lipinski definition) is 3. The number of oxime groups is 1. The molecule has 0 amide bonds. The Morgan fingerprint density at radius 1 is 1.80 bits per heavy atom. The van der Waals surface area contributed by atoms with Gasteiger partial charge < -0.3 is 4.84 Å². The van der Waals surface area contributed by atoms with Crippen molar-refractivity contribution in [2.75, 3.05) is 7.11 Å². The summed E-state index contributed by atoms with van der Waals surface area (Å²) in [6.45, 7) is 3.74. The number of nitriles is 1. The molecule has 0 aromatic carbocycles. The summed E-state index contributed by atoms with van der Waals surface area (Å²) in [5.74, 6) is -0.0973. The molecule has 1 unspecified atom stereocenters. The van der Waals surface area contributed by atoms with Crippen molar-refractivity contribution in [2.45, 2.75) is 20.3 Å². The zero-order valence-corrected chi connectivity index (χ0v) is 6.59. The lowest BCUT2D eigenvalue weighted by molar-refractivity contribution is 0.211. The van der Waals surface area contributed by atoms with E-state index < -0.39 is 0 Å². The summed E-state index contributed by atoms with van der Waals surface area (Å²) in [6.07, 6.45) is 0.787. The Morgan fingerprint density at radius 3 is 2.70 bits per heavy atom. The molecule has 1 atom stereocenters. The highest BCUT2D eigenvalue weighted by Crippen LogP contribution is 2.02. The predicted molar refractivity (Wildman–Crippen MR) is 39.5 cm³/mol. The molecule has 3 heteroatoms.